The molecule has 3 N–H and O–H groups in total. The Balaban J connectivity index is 1.19. The Labute approximate surface area is 186 Å². The zero-order chi connectivity index (χ0) is 21.5. The van der Waals surface area contributed by atoms with Crippen molar-refractivity contribution in [2.75, 3.05) is 13.1 Å². The third-order valence-corrected chi connectivity index (χ3v) is 6.59. The highest BCUT2D eigenvalue weighted by Gasteiger charge is 2.20. The van der Waals surface area contributed by atoms with Crippen molar-refractivity contribution in [3.8, 4) is 0 Å². The van der Waals surface area contributed by atoms with Crippen molar-refractivity contribution < 1.29 is 9.59 Å². The standard InChI is InChI=1S/C24H28N4O2S/c29-22(18-6-2-1-3-7-18)25-14-15-26-23(30)19-12-10-17(11-13-19)16-31-24-27-20-8-4-5-9-21(20)28-24/h4-5,8-13,18H,1-3,6-7,14-16H2,(H,25,29)(H,26,30)(H,27,28). The van der Waals surface area contributed by atoms with Gasteiger partial charge < -0.3 is 15.6 Å². The van der Waals surface area contributed by atoms with Crippen LogP contribution in [-0.2, 0) is 10.5 Å². The molecule has 0 aliphatic heterocycles. The van der Waals surface area contributed by atoms with E-state index >= 15 is 0 Å². The van der Waals surface area contributed by atoms with E-state index in [1.807, 2.05) is 48.5 Å². The highest BCUT2D eigenvalue weighted by Crippen LogP contribution is 2.24. The number of para-hydroxylation sites is 2. The van der Waals surface area contributed by atoms with Gasteiger partial charge in [0.05, 0.1) is 11.0 Å². The molecule has 1 aliphatic rings. The van der Waals surface area contributed by atoms with Crippen LogP contribution in [0.1, 0.15) is 48.0 Å². The number of amides is 2. The molecule has 0 unspecified atom stereocenters. The molecule has 3 aromatic rings. The second-order valence-corrected chi connectivity index (χ2v) is 8.89. The van der Waals surface area contributed by atoms with Crippen molar-refractivity contribution in [3.05, 3.63) is 59.7 Å². The third-order valence-electron chi connectivity index (χ3n) is 5.65. The van der Waals surface area contributed by atoms with Crippen molar-refractivity contribution in [1.29, 1.82) is 0 Å². The van der Waals surface area contributed by atoms with E-state index in [1.165, 1.54) is 6.42 Å². The van der Waals surface area contributed by atoms with E-state index < -0.39 is 0 Å². The summed E-state index contributed by atoms with van der Waals surface area (Å²) in [5, 5.41) is 6.71. The Bertz CT molecular complexity index is 992. The summed E-state index contributed by atoms with van der Waals surface area (Å²) in [5.74, 6) is 0.924. The average Bonchev–Trinajstić information content (AvgIpc) is 3.24. The third kappa shape index (κ3) is 5.88. The molecule has 0 atom stereocenters. The molecule has 0 saturated heterocycles. The van der Waals surface area contributed by atoms with E-state index in [2.05, 4.69) is 20.6 Å². The van der Waals surface area contributed by atoms with E-state index in [-0.39, 0.29) is 17.7 Å². The number of thioether (sulfide) groups is 1. The van der Waals surface area contributed by atoms with Gasteiger partial charge in [-0.05, 0) is 42.7 Å². The summed E-state index contributed by atoms with van der Waals surface area (Å²) in [6.45, 7) is 0.897. The fourth-order valence-corrected chi connectivity index (χ4v) is 4.72. The van der Waals surface area contributed by atoms with Gasteiger partial charge in [0.15, 0.2) is 5.16 Å². The monoisotopic (exact) mass is 436 g/mol. The summed E-state index contributed by atoms with van der Waals surface area (Å²) < 4.78 is 0. The Hall–Kier alpha value is -2.80. The second-order valence-electron chi connectivity index (χ2n) is 7.93. The highest BCUT2D eigenvalue weighted by atomic mass is 32.2. The van der Waals surface area contributed by atoms with E-state index in [0.29, 0.717) is 18.7 Å². The summed E-state index contributed by atoms with van der Waals surface area (Å²) in [6, 6.07) is 15.6. The first-order valence-corrected chi connectivity index (χ1v) is 11.9. The first-order chi connectivity index (χ1) is 15.2. The molecule has 4 rings (SSSR count). The van der Waals surface area contributed by atoms with Crippen LogP contribution in [0.2, 0.25) is 0 Å². The quantitative estimate of drug-likeness (QED) is 0.363. The van der Waals surface area contributed by atoms with Crippen LogP contribution >= 0.6 is 11.8 Å². The fraction of sp³-hybridized carbons (Fsp3) is 0.375. The van der Waals surface area contributed by atoms with Crippen LogP contribution < -0.4 is 10.6 Å². The van der Waals surface area contributed by atoms with Crippen LogP contribution in [0.3, 0.4) is 0 Å². The molecule has 162 valence electrons. The lowest BCUT2D eigenvalue weighted by atomic mass is 9.89. The predicted octanol–water partition coefficient (Wildman–Crippen LogP) is 4.28. The van der Waals surface area contributed by atoms with Gasteiger partial charge in [0, 0.05) is 30.3 Å². The lowest BCUT2D eigenvalue weighted by molar-refractivity contribution is -0.125. The SMILES string of the molecule is O=C(NCCNC(=O)C1CCCCC1)c1ccc(CSc2nc3ccccc3[nH]2)cc1. The molecule has 7 heteroatoms. The zero-order valence-corrected chi connectivity index (χ0v) is 18.3. The lowest BCUT2D eigenvalue weighted by Gasteiger charge is -2.20. The predicted molar refractivity (Wildman–Crippen MR) is 124 cm³/mol. The van der Waals surface area contributed by atoms with Crippen molar-refractivity contribution in [1.82, 2.24) is 20.6 Å². The molecular weight excluding hydrogens is 408 g/mol. The number of aromatic amines is 1. The van der Waals surface area contributed by atoms with Crippen LogP contribution in [0, 0.1) is 5.92 Å². The Morgan fingerprint density at radius 3 is 2.48 bits per heavy atom. The van der Waals surface area contributed by atoms with Crippen LogP contribution in [0.15, 0.2) is 53.7 Å². The minimum atomic E-state index is -0.122. The number of hydrogen-bond acceptors (Lipinski definition) is 4. The summed E-state index contributed by atoms with van der Waals surface area (Å²) in [7, 11) is 0. The first kappa shape index (κ1) is 21.4. The molecule has 1 fully saturated rings. The molecule has 0 radical (unpaired) electrons. The van der Waals surface area contributed by atoms with Crippen molar-refractivity contribution in [2.24, 2.45) is 5.92 Å². The molecular formula is C24H28N4O2S. The number of H-pyrrole nitrogens is 1. The number of hydrogen-bond donors (Lipinski definition) is 3. The van der Waals surface area contributed by atoms with E-state index in [4.69, 9.17) is 0 Å². The zero-order valence-electron chi connectivity index (χ0n) is 17.5. The summed E-state index contributed by atoms with van der Waals surface area (Å²) in [5.41, 5.74) is 3.75. The highest BCUT2D eigenvalue weighted by molar-refractivity contribution is 7.98. The number of nitrogens with zero attached hydrogens (tertiary/aromatic N) is 1. The largest absolute Gasteiger partial charge is 0.354 e. The van der Waals surface area contributed by atoms with E-state index in [9.17, 15) is 9.59 Å². The van der Waals surface area contributed by atoms with Gasteiger partial charge in [-0.3, -0.25) is 9.59 Å². The van der Waals surface area contributed by atoms with Crippen LogP contribution in [0.25, 0.3) is 11.0 Å². The Morgan fingerprint density at radius 2 is 1.71 bits per heavy atom. The maximum Gasteiger partial charge on any atom is 0.251 e. The van der Waals surface area contributed by atoms with Crippen molar-refractivity contribution in [2.45, 2.75) is 43.0 Å². The molecule has 31 heavy (non-hydrogen) atoms. The number of carbonyl (C=O) groups is 2. The molecule has 1 saturated carbocycles. The maximum atomic E-state index is 12.3. The number of aromatic nitrogens is 2. The summed E-state index contributed by atoms with van der Waals surface area (Å²) >= 11 is 1.64. The molecule has 0 bridgehead atoms. The molecule has 1 aromatic heterocycles. The molecule has 0 spiro atoms. The number of rotatable bonds is 8. The molecule has 2 aromatic carbocycles. The number of imidazole rings is 1. The average molecular weight is 437 g/mol. The topological polar surface area (TPSA) is 86.9 Å². The van der Waals surface area contributed by atoms with Crippen molar-refractivity contribution >= 4 is 34.6 Å². The van der Waals surface area contributed by atoms with Crippen LogP contribution in [0.4, 0.5) is 0 Å². The van der Waals surface area contributed by atoms with Gasteiger partial charge in [0.25, 0.3) is 5.91 Å². The number of benzene rings is 2. The first-order valence-electron chi connectivity index (χ1n) is 10.9. The van der Waals surface area contributed by atoms with Crippen LogP contribution in [0.5, 0.6) is 0 Å². The molecule has 1 aliphatic carbocycles. The summed E-state index contributed by atoms with van der Waals surface area (Å²) in [6.07, 6.45) is 5.48. The smallest absolute Gasteiger partial charge is 0.251 e. The van der Waals surface area contributed by atoms with Gasteiger partial charge in [-0.2, -0.15) is 0 Å². The lowest BCUT2D eigenvalue weighted by Crippen LogP contribution is -2.38. The molecule has 6 nitrogen and oxygen atoms in total. The van der Waals surface area contributed by atoms with Gasteiger partial charge in [0.2, 0.25) is 5.91 Å². The maximum absolute atomic E-state index is 12.3. The van der Waals surface area contributed by atoms with Gasteiger partial charge >= 0.3 is 0 Å². The number of nitrogens with one attached hydrogen (secondary N) is 3. The Morgan fingerprint density at radius 1 is 0.968 bits per heavy atom. The van der Waals surface area contributed by atoms with Gasteiger partial charge in [-0.1, -0.05) is 55.3 Å². The van der Waals surface area contributed by atoms with E-state index in [0.717, 1.165) is 53.2 Å². The normalized spacial score (nSPS) is 14.5. The van der Waals surface area contributed by atoms with Gasteiger partial charge in [0.1, 0.15) is 0 Å². The number of carbonyl (C=O) groups excluding carboxylic acids is 2. The van der Waals surface area contributed by atoms with Gasteiger partial charge in [-0.15, -0.1) is 0 Å². The van der Waals surface area contributed by atoms with Gasteiger partial charge in [-0.25, -0.2) is 4.98 Å². The number of fused-ring (bicyclic) bond motifs is 1. The fourth-order valence-electron chi connectivity index (χ4n) is 3.87. The molecule has 2 amide bonds. The minimum absolute atomic E-state index is 0.122. The van der Waals surface area contributed by atoms with E-state index in [1.54, 1.807) is 11.8 Å². The van der Waals surface area contributed by atoms with Crippen molar-refractivity contribution in [3.63, 3.8) is 0 Å². The summed E-state index contributed by atoms with van der Waals surface area (Å²) in [4.78, 5) is 32.4. The Kier molecular flexibility index (Phi) is 7.25. The van der Waals surface area contributed by atoms with Crippen LogP contribution in [-0.4, -0.2) is 34.9 Å². The molecule has 1 heterocycles. The second kappa shape index (κ2) is 10.5. The minimum Gasteiger partial charge on any atom is -0.354 e.